The fourth-order valence-electron chi connectivity index (χ4n) is 3.19. The van der Waals surface area contributed by atoms with Gasteiger partial charge in [-0.3, -0.25) is 0 Å². The molecule has 4 aromatic rings. The molecule has 2 amide bonds. The average Bonchev–Trinajstić information content (AvgIpc) is 3.08. The number of H-pyrrole nitrogens is 1. The SMILES string of the molecule is CCc1ccc(NC(=O)Nc2c(-c3ccccc3)[nH]c3ccccc23)cc1. The zero-order chi connectivity index (χ0) is 18.6. The number of anilines is 2. The van der Waals surface area contributed by atoms with Gasteiger partial charge in [-0.25, -0.2) is 4.79 Å². The first-order chi connectivity index (χ1) is 13.2. The van der Waals surface area contributed by atoms with Crippen molar-refractivity contribution in [3.8, 4) is 11.3 Å². The topological polar surface area (TPSA) is 56.9 Å². The van der Waals surface area contributed by atoms with E-state index in [-0.39, 0.29) is 6.03 Å². The van der Waals surface area contributed by atoms with Crippen LogP contribution in [0.5, 0.6) is 0 Å². The average molecular weight is 355 g/mol. The molecule has 0 fully saturated rings. The molecule has 0 aliphatic carbocycles. The van der Waals surface area contributed by atoms with Gasteiger partial charge >= 0.3 is 6.03 Å². The third-order valence-corrected chi connectivity index (χ3v) is 4.63. The molecular formula is C23H21N3O. The minimum atomic E-state index is -0.263. The molecule has 4 heteroatoms. The predicted molar refractivity (Wildman–Crippen MR) is 112 cm³/mol. The molecule has 4 nitrogen and oxygen atoms in total. The number of nitrogens with one attached hydrogen (secondary N) is 3. The Bertz CT molecular complexity index is 1070. The Labute approximate surface area is 158 Å². The van der Waals surface area contributed by atoms with Crippen LogP contribution in [0.15, 0.2) is 78.9 Å². The van der Waals surface area contributed by atoms with Crippen LogP contribution in [0, 0.1) is 0 Å². The zero-order valence-corrected chi connectivity index (χ0v) is 15.1. The summed E-state index contributed by atoms with van der Waals surface area (Å²) in [6.07, 6.45) is 0.974. The van der Waals surface area contributed by atoms with Crippen LogP contribution in [0.4, 0.5) is 16.2 Å². The van der Waals surface area contributed by atoms with E-state index in [1.807, 2.05) is 78.9 Å². The summed E-state index contributed by atoms with van der Waals surface area (Å²) >= 11 is 0. The van der Waals surface area contributed by atoms with Crippen LogP contribution in [-0.4, -0.2) is 11.0 Å². The molecule has 0 aliphatic rings. The number of urea groups is 1. The Hall–Kier alpha value is -3.53. The smallest absolute Gasteiger partial charge is 0.323 e. The Kier molecular flexibility index (Phi) is 4.62. The van der Waals surface area contributed by atoms with Gasteiger partial charge in [0.25, 0.3) is 0 Å². The van der Waals surface area contributed by atoms with Crippen LogP contribution >= 0.6 is 0 Å². The molecule has 3 N–H and O–H groups in total. The lowest BCUT2D eigenvalue weighted by Crippen LogP contribution is -2.19. The molecule has 0 spiro atoms. The molecule has 0 atom stereocenters. The fourth-order valence-corrected chi connectivity index (χ4v) is 3.19. The standard InChI is InChI=1S/C23H21N3O/c1-2-16-12-14-18(15-13-16)24-23(27)26-22-19-10-6-7-11-20(19)25-21(22)17-8-4-3-5-9-17/h3-15,25H,2H2,1H3,(H2,24,26,27). The molecule has 0 bridgehead atoms. The number of hydrogen-bond donors (Lipinski definition) is 3. The van der Waals surface area contributed by atoms with Crippen LogP contribution in [-0.2, 0) is 6.42 Å². The van der Waals surface area contributed by atoms with E-state index in [0.29, 0.717) is 0 Å². The van der Waals surface area contributed by atoms with Gasteiger partial charge in [-0.15, -0.1) is 0 Å². The second kappa shape index (κ2) is 7.38. The number of hydrogen-bond acceptors (Lipinski definition) is 1. The highest BCUT2D eigenvalue weighted by Crippen LogP contribution is 2.34. The van der Waals surface area contributed by atoms with Crippen molar-refractivity contribution in [2.24, 2.45) is 0 Å². The molecule has 0 saturated carbocycles. The summed E-state index contributed by atoms with van der Waals surface area (Å²) in [6.45, 7) is 2.11. The minimum absolute atomic E-state index is 0.263. The van der Waals surface area contributed by atoms with Crippen molar-refractivity contribution >= 4 is 28.3 Å². The van der Waals surface area contributed by atoms with Crippen molar-refractivity contribution in [3.63, 3.8) is 0 Å². The van der Waals surface area contributed by atoms with E-state index in [2.05, 4.69) is 22.5 Å². The van der Waals surface area contributed by atoms with Gasteiger partial charge in [0.2, 0.25) is 0 Å². The maximum atomic E-state index is 12.6. The maximum Gasteiger partial charge on any atom is 0.323 e. The van der Waals surface area contributed by atoms with E-state index < -0.39 is 0 Å². The van der Waals surface area contributed by atoms with Crippen LogP contribution in [0.2, 0.25) is 0 Å². The van der Waals surface area contributed by atoms with Crippen LogP contribution in [0.3, 0.4) is 0 Å². The third-order valence-electron chi connectivity index (χ3n) is 4.63. The zero-order valence-electron chi connectivity index (χ0n) is 15.1. The molecule has 0 radical (unpaired) electrons. The van der Waals surface area contributed by atoms with Gasteiger partial charge in [0.1, 0.15) is 0 Å². The number of para-hydroxylation sites is 1. The van der Waals surface area contributed by atoms with Gasteiger partial charge in [0.05, 0.1) is 11.4 Å². The minimum Gasteiger partial charge on any atom is -0.353 e. The quantitative estimate of drug-likeness (QED) is 0.410. The normalized spacial score (nSPS) is 10.7. The highest BCUT2D eigenvalue weighted by Gasteiger charge is 2.15. The largest absolute Gasteiger partial charge is 0.353 e. The van der Waals surface area contributed by atoms with Crippen molar-refractivity contribution in [2.75, 3.05) is 10.6 Å². The number of rotatable bonds is 4. The van der Waals surface area contributed by atoms with E-state index in [1.54, 1.807) is 0 Å². The number of amides is 2. The monoisotopic (exact) mass is 355 g/mol. The Morgan fingerprint density at radius 3 is 2.30 bits per heavy atom. The second-order valence-electron chi connectivity index (χ2n) is 6.42. The number of fused-ring (bicyclic) bond motifs is 1. The molecule has 1 heterocycles. The first-order valence-electron chi connectivity index (χ1n) is 9.07. The molecule has 0 saturated heterocycles. The van der Waals surface area contributed by atoms with Gasteiger partial charge in [0, 0.05) is 22.2 Å². The number of aryl methyl sites for hydroxylation is 1. The molecule has 134 valence electrons. The lowest BCUT2D eigenvalue weighted by molar-refractivity contribution is 0.262. The Morgan fingerprint density at radius 1 is 0.852 bits per heavy atom. The van der Waals surface area contributed by atoms with E-state index in [0.717, 1.165) is 40.0 Å². The molecule has 0 aliphatic heterocycles. The number of benzene rings is 3. The number of carbonyl (C=O) groups excluding carboxylic acids is 1. The first kappa shape index (κ1) is 16.9. The van der Waals surface area contributed by atoms with Gasteiger partial charge in [0.15, 0.2) is 0 Å². The fraction of sp³-hybridized carbons (Fsp3) is 0.0870. The van der Waals surface area contributed by atoms with Gasteiger partial charge in [-0.2, -0.15) is 0 Å². The number of carbonyl (C=O) groups is 1. The van der Waals surface area contributed by atoms with E-state index in [9.17, 15) is 4.79 Å². The molecule has 1 aromatic heterocycles. The summed E-state index contributed by atoms with van der Waals surface area (Å²) in [7, 11) is 0. The van der Waals surface area contributed by atoms with Crippen molar-refractivity contribution in [2.45, 2.75) is 13.3 Å². The number of aromatic nitrogens is 1. The van der Waals surface area contributed by atoms with Crippen molar-refractivity contribution in [3.05, 3.63) is 84.4 Å². The summed E-state index contributed by atoms with van der Waals surface area (Å²) < 4.78 is 0. The van der Waals surface area contributed by atoms with E-state index in [4.69, 9.17) is 0 Å². The van der Waals surface area contributed by atoms with Gasteiger partial charge in [-0.05, 0) is 30.2 Å². The molecule has 0 unspecified atom stereocenters. The Balaban J connectivity index is 1.65. The highest BCUT2D eigenvalue weighted by atomic mass is 16.2. The molecular weight excluding hydrogens is 334 g/mol. The summed E-state index contributed by atoms with van der Waals surface area (Å²) in [4.78, 5) is 16.0. The van der Waals surface area contributed by atoms with Crippen LogP contribution in [0.1, 0.15) is 12.5 Å². The van der Waals surface area contributed by atoms with E-state index >= 15 is 0 Å². The summed E-state index contributed by atoms with van der Waals surface area (Å²) in [5.41, 5.74) is 5.69. The predicted octanol–water partition coefficient (Wildman–Crippen LogP) is 6.04. The lowest BCUT2D eigenvalue weighted by Gasteiger charge is -2.10. The summed E-state index contributed by atoms with van der Waals surface area (Å²) in [5.74, 6) is 0. The van der Waals surface area contributed by atoms with Crippen molar-refractivity contribution < 1.29 is 4.79 Å². The van der Waals surface area contributed by atoms with Crippen LogP contribution in [0.25, 0.3) is 22.2 Å². The summed E-state index contributed by atoms with van der Waals surface area (Å²) in [5, 5.41) is 6.92. The van der Waals surface area contributed by atoms with Crippen LogP contribution < -0.4 is 10.6 Å². The molecule has 27 heavy (non-hydrogen) atoms. The van der Waals surface area contributed by atoms with Gasteiger partial charge in [-0.1, -0.05) is 67.6 Å². The summed E-state index contributed by atoms with van der Waals surface area (Å²) in [6, 6.07) is 25.6. The van der Waals surface area contributed by atoms with Crippen molar-refractivity contribution in [1.82, 2.24) is 4.98 Å². The number of aromatic amines is 1. The second-order valence-corrected chi connectivity index (χ2v) is 6.42. The third kappa shape index (κ3) is 3.55. The highest BCUT2D eigenvalue weighted by molar-refractivity contribution is 6.10. The lowest BCUT2D eigenvalue weighted by atomic mass is 10.1. The Morgan fingerprint density at radius 2 is 1.56 bits per heavy atom. The first-order valence-corrected chi connectivity index (χ1v) is 9.07. The van der Waals surface area contributed by atoms with Gasteiger partial charge < -0.3 is 15.6 Å². The van der Waals surface area contributed by atoms with Crippen molar-refractivity contribution in [1.29, 1.82) is 0 Å². The van der Waals surface area contributed by atoms with E-state index in [1.165, 1.54) is 5.56 Å². The maximum absolute atomic E-state index is 12.6. The molecule has 3 aromatic carbocycles. The molecule has 4 rings (SSSR count).